The zero-order valence-corrected chi connectivity index (χ0v) is 19.0. The van der Waals surface area contributed by atoms with Crippen LogP contribution < -0.4 is 16.0 Å². The molecule has 0 saturated carbocycles. The molecule has 0 spiro atoms. The summed E-state index contributed by atoms with van der Waals surface area (Å²) in [5.41, 5.74) is 3.44. The van der Waals surface area contributed by atoms with Gasteiger partial charge < -0.3 is 10.2 Å². The van der Waals surface area contributed by atoms with Gasteiger partial charge in [0.25, 0.3) is 0 Å². The van der Waals surface area contributed by atoms with Gasteiger partial charge in [0.1, 0.15) is 6.04 Å². The van der Waals surface area contributed by atoms with Gasteiger partial charge in [-0.1, -0.05) is 49.4 Å². The summed E-state index contributed by atoms with van der Waals surface area (Å²) in [5, 5.41) is 8.09. The summed E-state index contributed by atoms with van der Waals surface area (Å²) in [7, 11) is 0. The van der Waals surface area contributed by atoms with E-state index in [4.69, 9.17) is 0 Å². The summed E-state index contributed by atoms with van der Waals surface area (Å²) >= 11 is 0. The summed E-state index contributed by atoms with van der Waals surface area (Å²) in [6, 6.07) is 13.7. The number of carbonyl (C=O) groups excluding carboxylic acids is 3. The Kier molecular flexibility index (Phi) is 8.00. The fourth-order valence-electron chi connectivity index (χ4n) is 3.81. The number of piperidine rings is 1. The lowest BCUT2D eigenvalue weighted by Crippen LogP contribution is -2.47. The molecule has 2 aromatic rings. The first kappa shape index (κ1) is 23.5. The minimum absolute atomic E-state index is 0.0456. The van der Waals surface area contributed by atoms with Gasteiger partial charge in [-0.3, -0.25) is 20.2 Å². The summed E-state index contributed by atoms with van der Waals surface area (Å²) in [6.45, 7) is 7.34. The van der Waals surface area contributed by atoms with Crippen LogP contribution in [0.4, 0.5) is 10.5 Å². The minimum atomic E-state index is -0.641. The Morgan fingerprint density at radius 2 is 1.69 bits per heavy atom. The average Bonchev–Trinajstić information content (AvgIpc) is 2.78. The van der Waals surface area contributed by atoms with Crippen molar-refractivity contribution in [2.24, 2.45) is 5.92 Å². The molecule has 0 aromatic heterocycles. The van der Waals surface area contributed by atoms with Crippen molar-refractivity contribution in [3.05, 3.63) is 65.2 Å². The normalized spacial score (nSPS) is 15.2. The van der Waals surface area contributed by atoms with Crippen LogP contribution in [0.1, 0.15) is 42.5 Å². The highest BCUT2D eigenvalue weighted by molar-refractivity contribution is 6.02. The minimum Gasteiger partial charge on any atom is -0.341 e. The van der Waals surface area contributed by atoms with Crippen LogP contribution in [0.2, 0.25) is 0 Å². The lowest BCUT2D eigenvalue weighted by molar-refractivity contribution is -0.135. The van der Waals surface area contributed by atoms with Crippen LogP contribution in [0.15, 0.2) is 48.5 Å². The van der Waals surface area contributed by atoms with Crippen LogP contribution in [0.25, 0.3) is 0 Å². The van der Waals surface area contributed by atoms with Crippen LogP contribution in [0, 0.1) is 19.8 Å². The largest absolute Gasteiger partial charge is 0.341 e. The van der Waals surface area contributed by atoms with E-state index in [9.17, 15) is 14.4 Å². The number of anilines is 1. The first-order valence-electron chi connectivity index (χ1n) is 11.1. The van der Waals surface area contributed by atoms with Crippen molar-refractivity contribution >= 4 is 23.5 Å². The Bertz CT molecular complexity index is 953. The third-order valence-electron chi connectivity index (χ3n) is 6.05. The van der Waals surface area contributed by atoms with E-state index in [-0.39, 0.29) is 12.5 Å². The van der Waals surface area contributed by atoms with Gasteiger partial charge in [-0.25, -0.2) is 4.79 Å². The number of aryl methyl sites for hydroxylation is 1. The van der Waals surface area contributed by atoms with Crippen molar-refractivity contribution in [3.8, 4) is 0 Å². The monoisotopic (exact) mass is 436 g/mol. The molecule has 0 radical (unpaired) electrons. The number of nitrogens with one attached hydrogen (secondary N) is 3. The average molecular weight is 437 g/mol. The van der Waals surface area contributed by atoms with E-state index in [0.717, 1.165) is 42.6 Å². The number of nitrogens with zero attached hydrogens (tertiary/aromatic N) is 1. The van der Waals surface area contributed by atoms with Crippen molar-refractivity contribution in [2.75, 3.05) is 25.0 Å². The highest BCUT2D eigenvalue weighted by Crippen LogP contribution is 2.22. The van der Waals surface area contributed by atoms with Crippen LogP contribution in [0.5, 0.6) is 0 Å². The molecule has 0 bridgehead atoms. The van der Waals surface area contributed by atoms with Crippen LogP contribution in [0.3, 0.4) is 0 Å². The van der Waals surface area contributed by atoms with E-state index in [2.05, 4.69) is 22.9 Å². The topological polar surface area (TPSA) is 90.5 Å². The second kappa shape index (κ2) is 10.9. The molecule has 3 N–H and O–H groups in total. The predicted molar refractivity (Wildman–Crippen MR) is 125 cm³/mol. The number of benzene rings is 2. The second-order valence-electron chi connectivity index (χ2n) is 8.48. The van der Waals surface area contributed by atoms with Crippen molar-refractivity contribution in [3.63, 3.8) is 0 Å². The number of likely N-dealkylation sites (tertiary alicyclic amines) is 1. The Hall–Kier alpha value is -3.19. The molecule has 2 aromatic carbocycles. The number of rotatable bonds is 6. The van der Waals surface area contributed by atoms with Crippen LogP contribution in [-0.2, 0) is 9.59 Å². The summed E-state index contributed by atoms with van der Waals surface area (Å²) in [4.78, 5) is 39.7. The van der Waals surface area contributed by atoms with Gasteiger partial charge >= 0.3 is 6.03 Å². The van der Waals surface area contributed by atoms with Gasteiger partial charge in [-0.05, 0) is 55.4 Å². The fourth-order valence-corrected chi connectivity index (χ4v) is 3.81. The maximum atomic E-state index is 13.2. The van der Waals surface area contributed by atoms with E-state index in [0.29, 0.717) is 11.6 Å². The number of imide groups is 1. The van der Waals surface area contributed by atoms with Crippen molar-refractivity contribution < 1.29 is 14.4 Å². The number of carbonyl (C=O) groups is 3. The predicted octanol–water partition coefficient (Wildman–Crippen LogP) is 3.54. The summed E-state index contributed by atoms with van der Waals surface area (Å²) in [5.74, 6) is 0.0630. The smallest absolute Gasteiger partial charge is 0.325 e. The Balaban J connectivity index is 1.60. The summed E-state index contributed by atoms with van der Waals surface area (Å²) < 4.78 is 0. The zero-order chi connectivity index (χ0) is 23.1. The number of amides is 4. The lowest BCUT2D eigenvalue weighted by atomic mass is 9.97. The molecule has 1 aliphatic heterocycles. The van der Waals surface area contributed by atoms with Crippen molar-refractivity contribution in [2.45, 2.75) is 39.7 Å². The number of urea groups is 1. The molecular formula is C25H32N4O3. The van der Waals surface area contributed by atoms with Gasteiger partial charge in [-0.15, -0.1) is 0 Å². The summed E-state index contributed by atoms with van der Waals surface area (Å²) in [6.07, 6.45) is 1.96. The first-order valence-corrected chi connectivity index (χ1v) is 11.1. The molecule has 32 heavy (non-hydrogen) atoms. The molecule has 1 heterocycles. The van der Waals surface area contributed by atoms with Crippen LogP contribution >= 0.6 is 0 Å². The molecule has 170 valence electrons. The van der Waals surface area contributed by atoms with Gasteiger partial charge in [0.05, 0.1) is 6.54 Å². The van der Waals surface area contributed by atoms with Gasteiger partial charge in [0.2, 0.25) is 11.8 Å². The maximum Gasteiger partial charge on any atom is 0.325 e. The fraction of sp³-hybridized carbons (Fsp3) is 0.400. The lowest BCUT2D eigenvalue weighted by Gasteiger charge is -2.33. The quantitative estimate of drug-likeness (QED) is 0.646. The highest BCUT2D eigenvalue weighted by atomic mass is 16.2. The SMILES string of the molecule is Cc1cccc(NC(=O)NC(=O)CNC(C(=O)N2CCC(C)CC2)c2ccccc2)c1C. The third kappa shape index (κ3) is 6.17. The molecule has 3 rings (SSSR count). The molecule has 7 nitrogen and oxygen atoms in total. The molecule has 1 atom stereocenters. The molecule has 1 fully saturated rings. The van der Waals surface area contributed by atoms with Gasteiger partial charge in [-0.2, -0.15) is 0 Å². The van der Waals surface area contributed by atoms with Gasteiger partial charge in [0, 0.05) is 18.8 Å². The number of hydrogen-bond acceptors (Lipinski definition) is 4. The molecule has 1 aliphatic rings. The molecule has 1 saturated heterocycles. The Morgan fingerprint density at radius 3 is 2.38 bits per heavy atom. The van der Waals surface area contributed by atoms with Crippen LogP contribution in [-0.4, -0.2) is 42.4 Å². The van der Waals surface area contributed by atoms with E-state index < -0.39 is 18.0 Å². The molecule has 0 aliphatic carbocycles. The van der Waals surface area contributed by atoms with Crippen molar-refractivity contribution in [1.29, 1.82) is 0 Å². The maximum absolute atomic E-state index is 13.2. The first-order chi connectivity index (χ1) is 15.3. The third-order valence-corrected chi connectivity index (χ3v) is 6.05. The Labute approximate surface area is 189 Å². The van der Waals surface area contributed by atoms with Crippen molar-refractivity contribution in [1.82, 2.24) is 15.5 Å². The van der Waals surface area contributed by atoms with E-state index in [1.165, 1.54) is 0 Å². The second-order valence-corrected chi connectivity index (χ2v) is 8.48. The van der Waals surface area contributed by atoms with E-state index >= 15 is 0 Å². The molecule has 4 amide bonds. The van der Waals surface area contributed by atoms with E-state index in [1.54, 1.807) is 6.07 Å². The molecule has 7 heteroatoms. The number of hydrogen-bond donors (Lipinski definition) is 3. The highest BCUT2D eigenvalue weighted by Gasteiger charge is 2.28. The van der Waals surface area contributed by atoms with Gasteiger partial charge in [0.15, 0.2) is 0 Å². The molecular weight excluding hydrogens is 404 g/mol. The Morgan fingerprint density at radius 1 is 1.00 bits per heavy atom. The molecule has 1 unspecified atom stereocenters. The van der Waals surface area contributed by atoms with E-state index in [1.807, 2.05) is 61.2 Å². The zero-order valence-electron chi connectivity index (χ0n) is 19.0. The standard InChI is InChI=1S/C25H32N4O3/c1-17-12-14-29(15-13-17)24(31)23(20-9-5-4-6-10-20)26-16-22(30)28-25(32)27-21-11-7-8-18(2)19(21)3/h4-11,17,23,26H,12-16H2,1-3H3,(H2,27,28,30,32).